The molecule has 1 aromatic carbocycles. The number of fused-ring (bicyclic) bond motifs is 1. The maximum atomic E-state index is 13.5. The summed E-state index contributed by atoms with van der Waals surface area (Å²) in [7, 11) is 0. The maximum Gasteiger partial charge on any atom is 0.305 e. The number of carboxylic acids is 1. The van der Waals surface area contributed by atoms with Crippen molar-refractivity contribution in [3.05, 3.63) is 29.6 Å². The highest BCUT2D eigenvalue weighted by Gasteiger charge is 2.49. The quantitative estimate of drug-likeness (QED) is 0.941. The van der Waals surface area contributed by atoms with Crippen molar-refractivity contribution in [2.24, 2.45) is 5.41 Å². The predicted molar refractivity (Wildman–Crippen MR) is 73.0 cm³/mol. The molecule has 21 heavy (non-hydrogen) atoms. The van der Waals surface area contributed by atoms with Crippen LogP contribution in [0.3, 0.4) is 0 Å². The molecule has 1 fully saturated rings. The van der Waals surface area contributed by atoms with E-state index >= 15 is 0 Å². The second kappa shape index (κ2) is 4.51. The Morgan fingerprint density at radius 3 is 2.62 bits per heavy atom. The topological polar surface area (TPSA) is 55.1 Å². The van der Waals surface area contributed by atoms with Crippen molar-refractivity contribution in [2.45, 2.75) is 39.2 Å². The zero-order valence-electron chi connectivity index (χ0n) is 11.9. The molecule has 0 aliphatic heterocycles. The Morgan fingerprint density at radius 1 is 1.43 bits per heavy atom. The second-order valence-corrected chi connectivity index (χ2v) is 6.27. The molecule has 1 saturated carbocycles. The number of carboxylic acid groups (broad SMARTS) is 1. The highest BCUT2D eigenvalue weighted by Crippen LogP contribution is 2.58. The molecule has 2 aromatic rings. The Hall–Kier alpha value is -1.98. The maximum absolute atomic E-state index is 13.5. The molecule has 0 amide bonds. The number of hydrogen-bond donors (Lipinski definition) is 1. The molecule has 1 aliphatic carbocycles. The fraction of sp³-hybridized carbons (Fsp3) is 0.467. The van der Waals surface area contributed by atoms with Crippen molar-refractivity contribution in [3.8, 4) is 0 Å². The fourth-order valence-corrected chi connectivity index (χ4v) is 2.76. The molecule has 1 N–H and O–H groups in total. The molecule has 4 nitrogen and oxygen atoms in total. The van der Waals surface area contributed by atoms with Gasteiger partial charge in [-0.3, -0.25) is 4.79 Å². The summed E-state index contributed by atoms with van der Waals surface area (Å²) >= 11 is 0. The summed E-state index contributed by atoms with van der Waals surface area (Å²) in [6.07, 6.45) is 0.860. The van der Waals surface area contributed by atoms with Gasteiger partial charge in [0, 0.05) is 24.6 Å². The van der Waals surface area contributed by atoms with E-state index in [4.69, 9.17) is 5.11 Å². The number of rotatable bonds is 4. The van der Waals surface area contributed by atoms with Crippen LogP contribution < -0.4 is 0 Å². The second-order valence-electron chi connectivity index (χ2n) is 6.27. The lowest BCUT2D eigenvalue weighted by Crippen LogP contribution is -2.09. The van der Waals surface area contributed by atoms with E-state index in [2.05, 4.69) is 18.8 Å². The summed E-state index contributed by atoms with van der Waals surface area (Å²) in [5, 5.41) is 8.86. The molecular formula is C15H16F2N2O2. The van der Waals surface area contributed by atoms with Gasteiger partial charge >= 0.3 is 5.97 Å². The van der Waals surface area contributed by atoms with Crippen LogP contribution in [-0.2, 0) is 11.3 Å². The Labute approximate surface area is 120 Å². The van der Waals surface area contributed by atoms with Crippen LogP contribution in [-0.4, -0.2) is 20.6 Å². The zero-order valence-corrected chi connectivity index (χ0v) is 11.9. The monoisotopic (exact) mass is 294 g/mol. The smallest absolute Gasteiger partial charge is 0.305 e. The van der Waals surface area contributed by atoms with Crippen LogP contribution in [0.25, 0.3) is 11.0 Å². The van der Waals surface area contributed by atoms with Crippen LogP contribution in [0.1, 0.15) is 38.4 Å². The number of carbonyl (C=O) groups is 1. The van der Waals surface area contributed by atoms with Gasteiger partial charge in [-0.05, 0) is 11.8 Å². The number of halogens is 2. The lowest BCUT2D eigenvalue weighted by atomic mass is 10.1. The van der Waals surface area contributed by atoms with Gasteiger partial charge in [0.15, 0.2) is 11.6 Å². The van der Waals surface area contributed by atoms with Gasteiger partial charge in [-0.15, -0.1) is 0 Å². The SMILES string of the molecule is CC1(C)CC1c1nc2cc(F)c(F)cc2n1CCC(=O)O. The van der Waals surface area contributed by atoms with Crippen molar-refractivity contribution in [2.75, 3.05) is 0 Å². The van der Waals surface area contributed by atoms with Crippen LogP contribution >= 0.6 is 0 Å². The predicted octanol–water partition coefficient (Wildman–Crippen LogP) is 3.30. The van der Waals surface area contributed by atoms with Crippen LogP contribution in [0.5, 0.6) is 0 Å². The van der Waals surface area contributed by atoms with Gasteiger partial charge in [0.25, 0.3) is 0 Å². The van der Waals surface area contributed by atoms with E-state index in [9.17, 15) is 13.6 Å². The molecule has 0 radical (unpaired) electrons. The molecule has 3 rings (SSSR count). The van der Waals surface area contributed by atoms with Crippen molar-refractivity contribution in [3.63, 3.8) is 0 Å². The number of aromatic nitrogens is 2. The molecule has 1 heterocycles. The first-order valence-corrected chi connectivity index (χ1v) is 6.86. The minimum absolute atomic E-state index is 0.0788. The third-order valence-electron chi connectivity index (χ3n) is 4.19. The molecule has 112 valence electrons. The summed E-state index contributed by atoms with van der Waals surface area (Å²) < 4.78 is 28.5. The largest absolute Gasteiger partial charge is 0.481 e. The molecule has 0 spiro atoms. The summed E-state index contributed by atoms with van der Waals surface area (Å²) in [5.74, 6) is -1.89. The number of aliphatic carboxylic acids is 1. The molecule has 6 heteroatoms. The molecule has 1 unspecified atom stereocenters. The van der Waals surface area contributed by atoms with Gasteiger partial charge in [0.2, 0.25) is 0 Å². The van der Waals surface area contributed by atoms with E-state index in [-0.39, 0.29) is 24.3 Å². The lowest BCUT2D eigenvalue weighted by Gasteiger charge is -2.09. The van der Waals surface area contributed by atoms with Gasteiger partial charge in [-0.25, -0.2) is 13.8 Å². The van der Waals surface area contributed by atoms with E-state index in [1.54, 1.807) is 4.57 Å². The summed E-state index contributed by atoms with van der Waals surface area (Å²) in [6, 6.07) is 2.17. The van der Waals surface area contributed by atoms with Gasteiger partial charge in [-0.2, -0.15) is 0 Å². The number of nitrogens with zero attached hydrogens (tertiary/aromatic N) is 2. The lowest BCUT2D eigenvalue weighted by molar-refractivity contribution is -0.137. The van der Waals surface area contributed by atoms with E-state index in [0.29, 0.717) is 11.0 Å². The van der Waals surface area contributed by atoms with Gasteiger partial charge in [-0.1, -0.05) is 13.8 Å². The van der Waals surface area contributed by atoms with Crippen LogP contribution in [0.4, 0.5) is 8.78 Å². The minimum atomic E-state index is -0.944. The molecular weight excluding hydrogens is 278 g/mol. The third-order valence-corrected chi connectivity index (χ3v) is 4.19. The highest BCUT2D eigenvalue weighted by atomic mass is 19.2. The molecule has 0 bridgehead atoms. The Kier molecular flexibility index (Phi) is 3.00. The van der Waals surface area contributed by atoms with E-state index in [0.717, 1.165) is 24.4 Å². The first kappa shape index (κ1) is 14.0. The van der Waals surface area contributed by atoms with Crippen molar-refractivity contribution >= 4 is 17.0 Å². The van der Waals surface area contributed by atoms with E-state index in [1.807, 2.05) is 0 Å². The molecule has 1 atom stereocenters. The number of aryl methyl sites for hydroxylation is 1. The Morgan fingerprint density at radius 2 is 2.05 bits per heavy atom. The zero-order chi connectivity index (χ0) is 15.4. The first-order valence-electron chi connectivity index (χ1n) is 6.86. The fourth-order valence-electron chi connectivity index (χ4n) is 2.76. The minimum Gasteiger partial charge on any atom is -0.481 e. The van der Waals surface area contributed by atoms with Gasteiger partial charge < -0.3 is 9.67 Å². The van der Waals surface area contributed by atoms with Crippen molar-refractivity contribution in [1.82, 2.24) is 9.55 Å². The number of benzene rings is 1. The van der Waals surface area contributed by atoms with Gasteiger partial charge in [0.1, 0.15) is 5.82 Å². The van der Waals surface area contributed by atoms with E-state index < -0.39 is 17.6 Å². The first-order chi connectivity index (χ1) is 9.79. The molecule has 1 aromatic heterocycles. The van der Waals surface area contributed by atoms with E-state index in [1.165, 1.54) is 0 Å². The Balaban J connectivity index is 2.11. The number of hydrogen-bond acceptors (Lipinski definition) is 2. The van der Waals surface area contributed by atoms with Crippen LogP contribution in [0, 0.1) is 17.0 Å². The normalized spacial score (nSPS) is 19.9. The Bertz CT molecular complexity index is 737. The summed E-state index contributed by atoms with van der Waals surface area (Å²) in [5.41, 5.74) is 0.921. The average molecular weight is 294 g/mol. The average Bonchev–Trinajstić information content (AvgIpc) is 2.87. The summed E-state index contributed by atoms with van der Waals surface area (Å²) in [4.78, 5) is 15.2. The highest BCUT2D eigenvalue weighted by molar-refractivity contribution is 5.77. The third kappa shape index (κ3) is 2.39. The molecule has 0 saturated heterocycles. The van der Waals surface area contributed by atoms with Crippen molar-refractivity contribution < 1.29 is 18.7 Å². The molecule has 1 aliphatic rings. The number of imidazole rings is 1. The van der Waals surface area contributed by atoms with Crippen LogP contribution in [0.2, 0.25) is 0 Å². The van der Waals surface area contributed by atoms with Gasteiger partial charge in [0.05, 0.1) is 17.5 Å². The summed E-state index contributed by atoms with van der Waals surface area (Å²) in [6.45, 7) is 4.40. The standard InChI is InChI=1S/C15H16F2N2O2/c1-15(2)7-8(15)14-18-11-5-9(16)10(17)6-12(11)19(14)4-3-13(20)21/h5-6,8H,3-4,7H2,1-2H3,(H,20,21). The van der Waals surface area contributed by atoms with Crippen LogP contribution in [0.15, 0.2) is 12.1 Å². The van der Waals surface area contributed by atoms with Crippen molar-refractivity contribution in [1.29, 1.82) is 0 Å².